The fourth-order valence-corrected chi connectivity index (χ4v) is 1.55. The molecular formula is C10H9N5. The Balaban J connectivity index is 2.30. The average Bonchev–Trinajstić information content (AvgIpc) is 2.84. The van der Waals surface area contributed by atoms with E-state index < -0.39 is 0 Å². The topological polar surface area (TPSA) is 48.0 Å². The van der Waals surface area contributed by atoms with Crippen LogP contribution < -0.4 is 0 Å². The van der Waals surface area contributed by atoms with Gasteiger partial charge >= 0.3 is 0 Å². The molecule has 0 bridgehead atoms. The third-order valence-corrected chi connectivity index (χ3v) is 2.24. The van der Waals surface area contributed by atoms with Crippen LogP contribution in [0.25, 0.3) is 11.3 Å². The first-order chi connectivity index (χ1) is 7.34. The van der Waals surface area contributed by atoms with E-state index in [1.54, 1.807) is 21.6 Å². The van der Waals surface area contributed by atoms with E-state index in [9.17, 15) is 0 Å². The molecule has 3 aromatic heterocycles. The zero-order chi connectivity index (χ0) is 10.3. The first-order valence-electron chi connectivity index (χ1n) is 4.65. The second-order valence-electron chi connectivity index (χ2n) is 3.31. The van der Waals surface area contributed by atoms with Gasteiger partial charge in [-0.3, -0.25) is 0 Å². The molecule has 5 heteroatoms. The average molecular weight is 199 g/mol. The van der Waals surface area contributed by atoms with Crippen molar-refractivity contribution >= 4 is 5.52 Å². The van der Waals surface area contributed by atoms with Crippen molar-refractivity contribution in [2.75, 3.05) is 0 Å². The molecule has 0 spiro atoms. The van der Waals surface area contributed by atoms with Gasteiger partial charge in [0.25, 0.3) is 0 Å². The lowest BCUT2D eigenvalue weighted by atomic mass is 10.5. The van der Waals surface area contributed by atoms with Gasteiger partial charge in [0.1, 0.15) is 5.52 Å². The standard InChI is InChI=1S/C10H9N5/c1-8-3-6-15(13-8)10-9-2-4-12-14(9)7-5-11-10/h2-7H,1H3. The number of hydrogen-bond donors (Lipinski definition) is 0. The Morgan fingerprint density at radius 2 is 2.07 bits per heavy atom. The highest BCUT2D eigenvalue weighted by Gasteiger charge is 2.05. The van der Waals surface area contributed by atoms with Crippen LogP contribution in [0.2, 0.25) is 0 Å². The van der Waals surface area contributed by atoms with Gasteiger partial charge in [-0.15, -0.1) is 0 Å². The lowest BCUT2D eigenvalue weighted by Gasteiger charge is -2.01. The molecule has 0 fully saturated rings. The molecular weight excluding hydrogens is 190 g/mol. The first kappa shape index (κ1) is 8.16. The van der Waals surface area contributed by atoms with Crippen LogP contribution >= 0.6 is 0 Å². The number of fused-ring (bicyclic) bond motifs is 1. The maximum atomic E-state index is 4.32. The number of hydrogen-bond acceptors (Lipinski definition) is 3. The lowest BCUT2D eigenvalue weighted by Crippen LogP contribution is -2.01. The van der Waals surface area contributed by atoms with Crippen LogP contribution in [0.4, 0.5) is 0 Å². The second kappa shape index (κ2) is 2.91. The summed E-state index contributed by atoms with van der Waals surface area (Å²) >= 11 is 0. The molecule has 0 saturated heterocycles. The Kier molecular flexibility index (Phi) is 1.58. The molecule has 0 N–H and O–H groups in total. The summed E-state index contributed by atoms with van der Waals surface area (Å²) in [5.74, 6) is 0.795. The predicted octanol–water partition coefficient (Wildman–Crippen LogP) is 1.22. The normalized spacial score (nSPS) is 11.0. The lowest BCUT2D eigenvalue weighted by molar-refractivity contribution is 0.821. The molecule has 3 aromatic rings. The van der Waals surface area contributed by atoms with Crippen molar-refractivity contribution in [2.24, 2.45) is 0 Å². The Labute approximate surface area is 86.0 Å². The van der Waals surface area contributed by atoms with Crippen LogP contribution in [0.15, 0.2) is 36.9 Å². The van der Waals surface area contributed by atoms with Gasteiger partial charge in [0.15, 0.2) is 5.82 Å². The van der Waals surface area contributed by atoms with Gasteiger partial charge in [0.2, 0.25) is 0 Å². The van der Waals surface area contributed by atoms with Crippen molar-refractivity contribution < 1.29 is 0 Å². The Morgan fingerprint density at radius 1 is 1.13 bits per heavy atom. The molecule has 0 aliphatic carbocycles. The summed E-state index contributed by atoms with van der Waals surface area (Å²) in [6.07, 6.45) is 7.17. The maximum absolute atomic E-state index is 4.32. The van der Waals surface area contributed by atoms with Crippen molar-refractivity contribution in [1.82, 2.24) is 24.4 Å². The predicted molar refractivity (Wildman–Crippen MR) is 54.8 cm³/mol. The molecule has 0 aliphatic rings. The van der Waals surface area contributed by atoms with Gasteiger partial charge in [-0.2, -0.15) is 10.2 Å². The highest BCUT2D eigenvalue weighted by Crippen LogP contribution is 2.11. The van der Waals surface area contributed by atoms with E-state index in [0.29, 0.717) is 0 Å². The van der Waals surface area contributed by atoms with E-state index in [2.05, 4.69) is 15.2 Å². The molecule has 0 atom stereocenters. The number of aromatic nitrogens is 5. The zero-order valence-corrected chi connectivity index (χ0v) is 8.20. The molecule has 0 aliphatic heterocycles. The molecule has 15 heavy (non-hydrogen) atoms. The summed E-state index contributed by atoms with van der Waals surface area (Å²) in [5, 5.41) is 8.47. The molecule has 74 valence electrons. The first-order valence-corrected chi connectivity index (χ1v) is 4.65. The van der Waals surface area contributed by atoms with Crippen molar-refractivity contribution in [3.05, 3.63) is 42.6 Å². The minimum absolute atomic E-state index is 0.795. The third kappa shape index (κ3) is 1.20. The van der Waals surface area contributed by atoms with E-state index in [1.807, 2.05) is 31.5 Å². The molecule has 0 unspecified atom stereocenters. The summed E-state index contributed by atoms with van der Waals surface area (Å²) in [6, 6.07) is 3.86. The Morgan fingerprint density at radius 3 is 2.87 bits per heavy atom. The van der Waals surface area contributed by atoms with Gasteiger partial charge in [0, 0.05) is 18.6 Å². The second-order valence-corrected chi connectivity index (χ2v) is 3.31. The zero-order valence-electron chi connectivity index (χ0n) is 8.20. The van der Waals surface area contributed by atoms with Crippen LogP contribution in [0.1, 0.15) is 5.69 Å². The molecule has 0 aromatic carbocycles. The van der Waals surface area contributed by atoms with Gasteiger partial charge in [0.05, 0.1) is 11.9 Å². The number of aryl methyl sites for hydroxylation is 1. The van der Waals surface area contributed by atoms with E-state index >= 15 is 0 Å². The maximum Gasteiger partial charge on any atom is 0.179 e. The summed E-state index contributed by atoms with van der Waals surface area (Å²) in [7, 11) is 0. The van der Waals surface area contributed by atoms with E-state index in [0.717, 1.165) is 17.0 Å². The van der Waals surface area contributed by atoms with Gasteiger partial charge in [-0.05, 0) is 19.1 Å². The van der Waals surface area contributed by atoms with E-state index in [1.165, 1.54) is 0 Å². The molecule has 0 saturated carbocycles. The largest absolute Gasteiger partial charge is 0.236 e. The van der Waals surface area contributed by atoms with Crippen molar-refractivity contribution in [3.63, 3.8) is 0 Å². The van der Waals surface area contributed by atoms with Gasteiger partial charge < -0.3 is 0 Å². The van der Waals surface area contributed by atoms with Crippen LogP contribution in [-0.2, 0) is 0 Å². The van der Waals surface area contributed by atoms with Crippen LogP contribution in [0.3, 0.4) is 0 Å². The molecule has 0 amide bonds. The Hall–Kier alpha value is -2.17. The molecule has 0 radical (unpaired) electrons. The molecule has 3 heterocycles. The Bertz CT molecular complexity index is 607. The number of nitrogens with zero attached hydrogens (tertiary/aromatic N) is 5. The van der Waals surface area contributed by atoms with Gasteiger partial charge in [-0.25, -0.2) is 14.2 Å². The van der Waals surface area contributed by atoms with Crippen LogP contribution in [0.5, 0.6) is 0 Å². The van der Waals surface area contributed by atoms with Crippen molar-refractivity contribution in [1.29, 1.82) is 0 Å². The minimum Gasteiger partial charge on any atom is -0.236 e. The summed E-state index contributed by atoms with van der Waals surface area (Å²) in [5.41, 5.74) is 1.92. The highest BCUT2D eigenvalue weighted by atomic mass is 15.3. The fourth-order valence-electron chi connectivity index (χ4n) is 1.55. The number of rotatable bonds is 1. The highest BCUT2D eigenvalue weighted by molar-refractivity contribution is 5.58. The van der Waals surface area contributed by atoms with Crippen LogP contribution in [-0.4, -0.2) is 24.4 Å². The van der Waals surface area contributed by atoms with Crippen molar-refractivity contribution in [2.45, 2.75) is 6.92 Å². The molecule has 5 nitrogen and oxygen atoms in total. The van der Waals surface area contributed by atoms with E-state index in [-0.39, 0.29) is 0 Å². The third-order valence-electron chi connectivity index (χ3n) is 2.24. The van der Waals surface area contributed by atoms with Crippen LogP contribution in [0, 0.1) is 6.92 Å². The quantitative estimate of drug-likeness (QED) is 0.592. The summed E-state index contributed by atoms with van der Waals surface area (Å²) in [6.45, 7) is 1.95. The minimum atomic E-state index is 0.795. The fraction of sp³-hybridized carbons (Fsp3) is 0.100. The monoisotopic (exact) mass is 199 g/mol. The van der Waals surface area contributed by atoms with Gasteiger partial charge in [-0.1, -0.05) is 0 Å². The molecule has 3 rings (SSSR count). The summed E-state index contributed by atoms with van der Waals surface area (Å²) < 4.78 is 3.53. The smallest absolute Gasteiger partial charge is 0.179 e. The summed E-state index contributed by atoms with van der Waals surface area (Å²) in [4.78, 5) is 4.30. The SMILES string of the molecule is Cc1ccn(-c2nccn3nccc23)n1. The van der Waals surface area contributed by atoms with E-state index in [4.69, 9.17) is 0 Å². The van der Waals surface area contributed by atoms with Crippen molar-refractivity contribution in [3.8, 4) is 5.82 Å².